The summed E-state index contributed by atoms with van der Waals surface area (Å²) in [4.78, 5) is 5.25. The van der Waals surface area contributed by atoms with Crippen LogP contribution in [0, 0.1) is 28.6 Å². The molecule has 6 nitrogen and oxygen atoms in total. The first-order valence-corrected chi connectivity index (χ1v) is 14.6. The molecule has 0 amide bonds. The Kier molecular flexibility index (Phi) is 6.15. The van der Waals surface area contributed by atoms with E-state index in [0.717, 1.165) is 77.8 Å². The number of nitrogens with zero attached hydrogens (tertiary/aromatic N) is 2. The monoisotopic (exact) mass is 475 g/mol. The van der Waals surface area contributed by atoms with E-state index in [0.29, 0.717) is 24.2 Å². The normalized spacial score (nSPS) is 54.8. The number of hydrogen-bond donors (Lipinski definition) is 4. The summed E-state index contributed by atoms with van der Waals surface area (Å²) in [5.74, 6) is 1.59. The van der Waals surface area contributed by atoms with E-state index in [-0.39, 0.29) is 29.0 Å². The van der Waals surface area contributed by atoms with Crippen molar-refractivity contribution in [1.29, 1.82) is 0 Å². The van der Waals surface area contributed by atoms with Gasteiger partial charge in [0.1, 0.15) is 0 Å². The summed E-state index contributed by atoms with van der Waals surface area (Å²) in [7, 11) is 0. The fourth-order valence-corrected chi connectivity index (χ4v) is 10.5. The van der Waals surface area contributed by atoms with E-state index in [1.807, 2.05) is 0 Å². The second-order valence-corrected chi connectivity index (χ2v) is 13.5. The van der Waals surface area contributed by atoms with Crippen LogP contribution in [0.1, 0.15) is 78.1 Å². The second kappa shape index (κ2) is 8.66. The van der Waals surface area contributed by atoms with Crippen molar-refractivity contribution in [2.45, 2.75) is 108 Å². The van der Waals surface area contributed by atoms with Crippen LogP contribution in [0.2, 0.25) is 0 Å². The highest BCUT2D eigenvalue weighted by molar-refractivity contribution is 5.22. The highest BCUT2D eigenvalue weighted by Crippen LogP contribution is 2.68. The van der Waals surface area contributed by atoms with Gasteiger partial charge in [0.15, 0.2) is 0 Å². The molecule has 0 aromatic rings. The van der Waals surface area contributed by atoms with Crippen molar-refractivity contribution in [1.82, 2.24) is 15.1 Å². The van der Waals surface area contributed by atoms with Crippen LogP contribution in [0.3, 0.4) is 0 Å². The summed E-state index contributed by atoms with van der Waals surface area (Å²) in [6.07, 6.45) is 9.83. The van der Waals surface area contributed by atoms with Crippen molar-refractivity contribution in [3.05, 3.63) is 0 Å². The Morgan fingerprint density at radius 2 is 1.50 bits per heavy atom. The molecule has 2 saturated heterocycles. The Balaban J connectivity index is 1.44. The Hall–Kier alpha value is -0.240. The number of likely N-dealkylation sites (tertiary alicyclic amines) is 1. The minimum Gasteiger partial charge on any atom is -0.393 e. The van der Waals surface area contributed by atoms with E-state index < -0.39 is 11.7 Å². The molecule has 5 unspecified atom stereocenters. The summed E-state index contributed by atoms with van der Waals surface area (Å²) in [6, 6.07) is 0.346. The van der Waals surface area contributed by atoms with Gasteiger partial charge in [-0.05, 0) is 87.6 Å². The molecule has 10 atom stereocenters. The number of fused-ring (bicyclic) bond motifs is 5. The lowest BCUT2D eigenvalue weighted by molar-refractivity contribution is -0.275. The first-order chi connectivity index (χ1) is 16.3. The van der Waals surface area contributed by atoms with Crippen LogP contribution in [0.5, 0.6) is 0 Å². The molecule has 6 rings (SSSR count). The van der Waals surface area contributed by atoms with Crippen LogP contribution >= 0.6 is 0 Å². The van der Waals surface area contributed by atoms with Crippen LogP contribution in [0.25, 0.3) is 0 Å². The Morgan fingerprint density at radius 1 is 0.794 bits per heavy atom. The van der Waals surface area contributed by atoms with Gasteiger partial charge in [-0.2, -0.15) is 0 Å². The van der Waals surface area contributed by atoms with Gasteiger partial charge >= 0.3 is 0 Å². The molecule has 4 N–H and O–H groups in total. The average Bonchev–Trinajstić information content (AvgIpc) is 3.15. The molecule has 2 aliphatic heterocycles. The zero-order valence-corrected chi connectivity index (χ0v) is 21.6. The Morgan fingerprint density at radius 3 is 2.24 bits per heavy atom. The third-order valence-electron chi connectivity index (χ3n) is 12.3. The molecule has 2 heterocycles. The number of nitrogens with one attached hydrogen (secondary N) is 1. The lowest BCUT2D eigenvalue weighted by atomic mass is 9.41. The molecule has 6 heteroatoms. The molecular formula is C28H49N3O3. The Bertz CT molecular complexity index is 755. The molecular weight excluding hydrogens is 426 g/mol. The third kappa shape index (κ3) is 3.35. The predicted molar refractivity (Wildman–Crippen MR) is 133 cm³/mol. The molecule has 0 spiro atoms. The van der Waals surface area contributed by atoms with Crippen molar-refractivity contribution < 1.29 is 15.3 Å². The minimum absolute atomic E-state index is 0.0375. The molecule has 194 valence electrons. The average molecular weight is 476 g/mol. The number of rotatable bonds is 2. The Labute approximate surface area is 206 Å². The number of aliphatic hydroxyl groups is 3. The SMILES string of the molecule is C[C@]12CC[C@@H]3[C@@H](CC(N4CCNCC4)C4(O)CC(O)CC(N5CCCCC5)[C@]34C)[C@@H]1CCC2O. The van der Waals surface area contributed by atoms with Crippen molar-refractivity contribution in [3.63, 3.8) is 0 Å². The van der Waals surface area contributed by atoms with Gasteiger partial charge in [-0.25, -0.2) is 0 Å². The quantitative estimate of drug-likeness (QED) is 0.491. The topological polar surface area (TPSA) is 79.2 Å². The van der Waals surface area contributed by atoms with Gasteiger partial charge in [-0.1, -0.05) is 20.3 Å². The maximum Gasteiger partial charge on any atom is 0.0897 e. The van der Waals surface area contributed by atoms with E-state index in [4.69, 9.17) is 0 Å². The van der Waals surface area contributed by atoms with Crippen LogP contribution in [-0.4, -0.2) is 94.3 Å². The molecule has 6 aliphatic rings. The summed E-state index contributed by atoms with van der Waals surface area (Å²) in [6.45, 7) is 11.0. The zero-order valence-electron chi connectivity index (χ0n) is 21.6. The molecule has 4 aliphatic carbocycles. The van der Waals surface area contributed by atoms with E-state index in [9.17, 15) is 15.3 Å². The summed E-state index contributed by atoms with van der Waals surface area (Å²) in [5.41, 5.74) is -1.05. The highest BCUT2D eigenvalue weighted by Gasteiger charge is 2.71. The van der Waals surface area contributed by atoms with E-state index in [2.05, 4.69) is 29.0 Å². The first kappa shape index (κ1) is 24.1. The minimum atomic E-state index is -0.865. The summed E-state index contributed by atoms with van der Waals surface area (Å²) >= 11 is 0. The number of aliphatic hydroxyl groups excluding tert-OH is 2. The smallest absolute Gasteiger partial charge is 0.0897 e. The molecule has 34 heavy (non-hydrogen) atoms. The van der Waals surface area contributed by atoms with Gasteiger partial charge in [0.2, 0.25) is 0 Å². The van der Waals surface area contributed by atoms with Gasteiger partial charge in [-0.15, -0.1) is 0 Å². The van der Waals surface area contributed by atoms with Crippen LogP contribution in [0.4, 0.5) is 0 Å². The van der Waals surface area contributed by atoms with Crippen LogP contribution < -0.4 is 5.32 Å². The number of piperazine rings is 1. The standard InChI is InChI=1S/C28H49N3O3/c1-26-9-8-22-20(21(26)6-7-25(26)33)17-24(31-14-10-29-11-15-31)28(34)18-19(32)16-23(27(22,28)2)30-12-4-3-5-13-30/h19-25,29,32-34H,3-18H2,1-2H3/t19?,20-,21-,22+,23?,24?,25?,26-,27-,28?/m0/s1. The first-order valence-electron chi connectivity index (χ1n) is 14.6. The highest BCUT2D eigenvalue weighted by atomic mass is 16.3. The van der Waals surface area contributed by atoms with Crippen molar-refractivity contribution in [2.75, 3.05) is 39.3 Å². The fourth-order valence-electron chi connectivity index (χ4n) is 10.5. The van der Waals surface area contributed by atoms with Crippen LogP contribution in [-0.2, 0) is 0 Å². The van der Waals surface area contributed by atoms with Crippen LogP contribution in [0.15, 0.2) is 0 Å². The maximum absolute atomic E-state index is 12.9. The predicted octanol–water partition coefficient (Wildman–Crippen LogP) is 2.21. The maximum atomic E-state index is 12.9. The van der Waals surface area contributed by atoms with Crippen molar-refractivity contribution >= 4 is 0 Å². The van der Waals surface area contributed by atoms with E-state index >= 15 is 0 Å². The number of hydrogen-bond acceptors (Lipinski definition) is 6. The molecule has 4 saturated carbocycles. The molecule has 0 bridgehead atoms. The zero-order chi connectivity index (χ0) is 23.7. The summed E-state index contributed by atoms with van der Waals surface area (Å²) in [5, 5.41) is 38.7. The third-order valence-corrected chi connectivity index (χ3v) is 12.3. The molecule has 0 radical (unpaired) electrons. The van der Waals surface area contributed by atoms with E-state index in [1.54, 1.807) is 0 Å². The van der Waals surface area contributed by atoms with Crippen molar-refractivity contribution in [2.24, 2.45) is 28.6 Å². The molecule has 0 aromatic heterocycles. The van der Waals surface area contributed by atoms with Gasteiger partial charge in [0, 0.05) is 50.1 Å². The molecule has 6 fully saturated rings. The van der Waals surface area contributed by atoms with Gasteiger partial charge in [-0.3, -0.25) is 9.80 Å². The van der Waals surface area contributed by atoms with Gasteiger partial charge in [0.25, 0.3) is 0 Å². The summed E-state index contributed by atoms with van der Waals surface area (Å²) < 4.78 is 0. The van der Waals surface area contributed by atoms with Crippen molar-refractivity contribution in [3.8, 4) is 0 Å². The van der Waals surface area contributed by atoms with E-state index in [1.165, 1.54) is 19.3 Å². The molecule has 0 aromatic carbocycles. The largest absolute Gasteiger partial charge is 0.393 e. The fraction of sp³-hybridized carbons (Fsp3) is 1.00. The lowest BCUT2D eigenvalue weighted by Crippen LogP contribution is -2.78. The van der Waals surface area contributed by atoms with Gasteiger partial charge < -0.3 is 20.6 Å². The van der Waals surface area contributed by atoms with Gasteiger partial charge in [0.05, 0.1) is 17.8 Å². The lowest BCUT2D eigenvalue weighted by Gasteiger charge is -2.70. The number of piperidine rings is 1. The second-order valence-electron chi connectivity index (χ2n) is 13.5.